The van der Waals surface area contributed by atoms with Crippen molar-refractivity contribution in [2.24, 2.45) is 0 Å². The number of fused-ring (bicyclic) bond motifs is 1. The number of anilines is 1. The van der Waals surface area contributed by atoms with Gasteiger partial charge in [-0.2, -0.15) is 4.98 Å². The highest BCUT2D eigenvalue weighted by Gasteiger charge is 2.55. The van der Waals surface area contributed by atoms with E-state index < -0.39 is 36.0 Å². The van der Waals surface area contributed by atoms with Gasteiger partial charge in [0, 0.05) is 11.8 Å². The van der Waals surface area contributed by atoms with E-state index in [2.05, 4.69) is 10.3 Å². The number of rotatable bonds is 4. The van der Waals surface area contributed by atoms with Gasteiger partial charge in [0.05, 0.1) is 6.61 Å². The zero-order valence-electron chi connectivity index (χ0n) is 15.4. The molecule has 0 radical (unpaired) electrons. The van der Waals surface area contributed by atoms with Crippen LogP contribution in [0.4, 0.5) is 5.82 Å². The molecule has 2 saturated heterocycles. The number of benzene rings is 1. The number of aromatic nitrogens is 2. The molecule has 2 N–H and O–H groups in total. The normalized spacial score (nSPS) is 28.1. The maximum Gasteiger partial charge on any atom is 0.351 e. The molecule has 0 spiro atoms. The maximum atomic E-state index is 12.6. The van der Waals surface area contributed by atoms with Gasteiger partial charge in [0.1, 0.15) is 24.1 Å². The molecule has 148 valence electrons. The van der Waals surface area contributed by atoms with E-state index in [-0.39, 0.29) is 18.3 Å². The minimum Gasteiger partial charge on any atom is -0.394 e. The zero-order chi connectivity index (χ0) is 19.9. The number of carbonyl (C=O) groups is 1. The fraction of sp³-hybridized carbons (Fsp3) is 0.421. The SMILES string of the molecule is CC1(C)O[C@H]2[C@H](O1)[C@@H](n1ccc(NC(=O)c3ccccc3)nc1=O)O[C@H]2CO. The molecule has 1 amide bonds. The minimum atomic E-state index is -0.842. The Labute approximate surface area is 160 Å². The van der Waals surface area contributed by atoms with Gasteiger partial charge < -0.3 is 24.6 Å². The second-order valence-corrected chi connectivity index (χ2v) is 7.14. The predicted octanol–water partition coefficient (Wildman–Crippen LogP) is 0.905. The molecule has 0 bridgehead atoms. The lowest BCUT2D eigenvalue weighted by molar-refractivity contribution is -0.200. The number of nitrogens with one attached hydrogen (secondary N) is 1. The van der Waals surface area contributed by atoms with Crippen molar-refractivity contribution >= 4 is 11.7 Å². The highest BCUT2D eigenvalue weighted by atomic mass is 16.8. The van der Waals surface area contributed by atoms with E-state index in [1.807, 2.05) is 0 Å². The third kappa shape index (κ3) is 3.45. The van der Waals surface area contributed by atoms with Crippen LogP contribution in [0, 0.1) is 0 Å². The Bertz CT molecular complexity index is 929. The molecular weight excluding hydrogens is 366 g/mol. The Hall–Kier alpha value is -2.59. The molecule has 2 aliphatic rings. The summed E-state index contributed by atoms with van der Waals surface area (Å²) in [5.74, 6) is -1.07. The van der Waals surface area contributed by atoms with Crippen molar-refractivity contribution in [2.75, 3.05) is 11.9 Å². The fourth-order valence-corrected chi connectivity index (χ4v) is 3.48. The van der Waals surface area contributed by atoms with E-state index in [1.165, 1.54) is 16.8 Å². The Kier molecular flexibility index (Phi) is 4.76. The molecule has 28 heavy (non-hydrogen) atoms. The van der Waals surface area contributed by atoms with Crippen molar-refractivity contribution < 1.29 is 24.1 Å². The van der Waals surface area contributed by atoms with Crippen LogP contribution in [0.3, 0.4) is 0 Å². The first-order chi connectivity index (χ1) is 13.4. The highest BCUT2D eigenvalue weighted by Crippen LogP contribution is 2.42. The first-order valence-corrected chi connectivity index (χ1v) is 8.95. The van der Waals surface area contributed by atoms with E-state index in [1.54, 1.807) is 44.2 Å². The van der Waals surface area contributed by atoms with Crippen LogP contribution >= 0.6 is 0 Å². The second kappa shape index (κ2) is 7.10. The van der Waals surface area contributed by atoms with Gasteiger partial charge in [-0.1, -0.05) is 18.2 Å². The zero-order valence-corrected chi connectivity index (χ0v) is 15.4. The van der Waals surface area contributed by atoms with Crippen molar-refractivity contribution in [2.45, 2.75) is 44.2 Å². The Morgan fingerprint density at radius 2 is 1.93 bits per heavy atom. The van der Waals surface area contributed by atoms with Crippen LogP contribution in [0.5, 0.6) is 0 Å². The van der Waals surface area contributed by atoms with Crippen LogP contribution in [0.1, 0.15) is 30.4 Å². The Morgan fingerprint density at radius 3 is 2.61 bits per heavy atom. The lowest BCUT2D eigenvalue weighted by Crippen LogP contribution is -2.35. The van der Waals surface area contributed by atoms with Gasteiger partial charge in [-0.3, -0.25) is 9.36 Å². The molecule has 4 rings (SSSR count). The van der Waals surface area contributed by atoms with Gasteiger partial charge in [0.25, 0.3) is 5.91 Å². The molecule has 4 atom stereocenters. The average molecular weight is 387 g/mol. The van der Waals surface area contributed by atoms with Gasteiger partial charge >= 0.3 is 5.69 Å². The molecular formula is C19H21N3O6. The van der Waals surface area contributed by atoms with E-state index in [9.17, 15) is 14.7 Å². The molecule has 2 aromatic rings. The molecule has 1 aromatic carbocycles. The number of hydrogen-bond donors (Lipinski definition) is 2. The molecule has 0 saturated carbocycles. The van der Waals surface area contributed by atoms with Gasteiger partial charge in [0.2, 0.25) is 0 Å². The smallest absolute Gasteiger partial charge is 0.351 e. The number of carbonyl (C=O) groups excluding carboxylic acids is 1. The number of amides is 1. The van der Waals surface area contributed by atoms with Crippen LogP contribution in [0.15, 0.2) is 47.4 Å². The van der Waals surface area contributed by atoms with E-state index >= 15 is 0 Å². The van der Waals surface area contributed by atoms with Crippen LogP contribution in [0.2, 0.25) is 0 Å². The van der Waals surface area contributed by atoms with Crippen LogP contribution in [-0.4, -0.2) is 51.3 Å². The molecule has 0 aliphatic carbocycles. The first-order valence-electron chi connectivity index (χ1n) is 8.95. The number of nitrogens with zero attached hydrogens (tertiary/aromatic N) is 2. The number of aliphatic hydroxyl groups is 1. The van der Waals surface area contributed by atoms with Crippen LogP contribution < -0.4 is 11.0 Å². The summed E-state index contributed by atoms with van der Waals surface area (Å²) in [6.45, 7) is 3.27. The van der Waals surface area contributed by atoms with E-state index in [0.29, 0.717) is 5.56 Å². The van der Waals surface area contributed by atoms with E-state index in [4.69, 9.17) is 14.2 Å². The summed E-state index contributed by atoms with van der Waals surface area (Å²) in [5, 5.41) is 12.2. The molecule has 2 aliphatic heterocycles. The monoisotopic (exact) mass is 387 g/mol. The maximum absolute atomic E-state index is 12.6. The van der Waals surface area contributed by atoms with Crippen molar-refractivity contribution in [3.8, 4) is 0 Å². The number of ether oxygens (including phenoxy) is 3. The second-order valence-electron chi connectivity index (χ2n) is 7.14. The summed E-state index contributed by atoms with van der Waals surface area (Å²) in [4.78, 5) is 28.7. The molecule has 0 unspecified atom stereocenters. The summed E-state index contributed by atoms with van der Waals surface area (Å²) >= 11 is 0. The summed E-state index contributed by atoms with van der Waals surface area (Å²) in [6.07, 6.45) is -0.971. The Balaban J connectivity index is 1.55. The summed E-state index contributed by atoms with van der Waals surface area (Å²) < 4.78 is 18.7. The predicted molar refractivity (Wildman–Crippen MR) is 97.7 cm³/mol. The van der Waals surface area contributed by atoms with Crippen LogP contribution in [-0.2, 0) is 14.2 Å². The number of hydrogen-bond acceptors (Lipinski definition) is 7. The highest BCUT2D eigenvalue weighted by molar-refractivity contribution is 6.03. The molecule has 9 heteroatoms. The van der Waals surface area contributed by atoms with Gasteiger partial charge in [0.15, 0.2) is 12.0 Å². The molecule has 1 aromatic heterocycles. The lowest BCUT2D eigenvalue weighted by atomic mass is 10.1. The molecule has 3 heterocycles. The van der Waals surface area contributed by atoms with Gasteiger partial charge in [-0.05, 0) is 32.0 Å². The van der Waals surface area contributed by atoms with Gasteiger partial charge in [-0.15, -0.1) is 0 Å². The summed E-state index contributed by atoms with van der Waals surface area (Å²) in [5.41, 5.74) is -0.151. The van der Waals surface area contributed by atoms with Crippen molar-refractivity contribution in [3.05, 3.63) is 58.6 Å². The first kappa shape index (κ1) is 18.8. The summed E-state index contributed by atoms with van der Waals surface area (Å²) in [6, 6.07) is 10.1. The molecule has 9 nitrogen and oxygen atoms in total. The number of aliphatic hydroxyl groups excluding tert-OH is 1. The third-order valence-corrected chi connectivity index (χ3v) is 4.69. The lowest BCUT2D eigenvalue weighted by Gasteiger charge is -2.24. The summed E-state index contributed by atoms with van der Waals surface area (Å²) in [7, 11) is 0. The molecule has 2 fully saturated rings. The largest absolute Gasteiger partial charge is 0.394 e. The Morgan fingerprint density at radius 1 is 1.21 bits per heavy atom. The van der Waals surface area contributed by atoms with Crippen molar-refractivity contribution in [3.63, 3.8) is 0 Å². The standard InChI is InChI=1S/C19H21N3O6/c1-19(2)27-14-12(10-23)26-17(15(14)28-19)22-9-8-13(21-18(22)25)20-16(24)11-6-4-3-5-7-11/h3-9,12,14-15,17,23H,10H2,1-2H3,(H,20,21,24,25)/t12-,14+,15-,17-/m0/s1. The quantitative estimate of drug-likeness (QED) is 0.802. The topological polar surface area (TPSA) is 112 Å². The third-order valence-electron chi connectivity index (χ3n) is 4.69. The fourth-order valence-electron chi connectivity index (χ4n) is 3.48. The van der Waals surface area contributed by atoms with Crippen molar-refractivity contribution in [1.82, 2.24) is 9.55 Å². The average Bonchev–Trinajstić information content (AvgIpc) is 3.15. The minimum absolute atomic E-state index is 0.132. The van der Waals surface area contributed by atoms with E-state index in [0.717, 1.165) is 0 Å². The van der Waals surface area contributed by atoms with Crippen LogP contribution in [0.25, 0.3) is 0 Å². The van der Waals surface area contributed by atoms with Gasteiger partial charge in [-0.25, -0.2) is 4.79 Å². The van der Waals surface area contributed by atoms with Crippen molar-refractivity contribution in [1.29, 1.82) is 0 Å².